The van der Waals surface area contributed by atoms with E-state index in [2.05, 4.69) is 6.07 Å². The van der Waals surface area contributed by atoms with Crippen molar-refractivity contribution in [2.45, 2.75) is 5.79 Å². The first kappa shape index (κ1) is 18.6. The topological polar surface area (TPSA) is 40.8 Å². The van der Waals surface area contributed by atoms with E-state index in [1.165, 1.54) is 0 Å². The van der Waals surface area contributed by atoms with Crippen molar-refractivity contribution in [3.8, 4) is 28.4 Å². The number of furan rings is 1. The third-order valence-electron chi connectivity index (χ3n) is 5.83. The molecule has 0 aliphatic carbocycles. The third-order valence-corrected chi connectivity index (χ3v) is 5.83. The summed E-state index contributed by atoms with van der Waals surface area (Å²) in [6.07, 6.45) is 1.70. The standard InChI is InChI=1S/C28H20O4/c1-29-25-17-21(19-12-13-24-20(16-19)14-15-30-24)18-26-27(25)32-28(31-26,22-8-4-2-5-9-22)23-10-6-3-7-11-23/h2-18H,1H3. The van der Waals surface area contributed by atoms with Crippen molar-refractivity contribution < 1.29 is 18.6 Å². The maximum absolute atomic E-state index is 6.62. The van der Waals surface area contributed by atoms with E-state index in [0.29, 0.717) is 17.2 Å². The highest BCUT2D eigenvalue weighted by atomic mass is 16.7. The predicted molar refractivity (Wildman–Crippen MR) is 123 cm³/mol. The van der Waals surface area contributed by atoms with Crippen LogP contribution < -0.4 is 14.2 Å². The summed E-state index contributed by atoms with van der Waals surface area (Å²) in [5, 5.41) is 1.04. The lowest BCUT2D eigenvalue weighted by Gasteiger charge is -2.28. The first-order valence-electron chi connectivity index (χ1n) is 10.5. The molecule has 0 atom stereocenters. The van der Waals surface area contributed by atoms with E-state index in [4.69, 9.17) is 18.6 Å². The fourth-order valence-electron chi connectivity index (χ4n) is 4.25. The summed E-state index contributed by atoms with van der Waals surface area (Å²) in [4.78, 5) is 0. The molecule has 0 unspecified atom stereocenters. The highest BCUT2D eigenvalue weighted by molar-refractivity contribution is 5.84. The Morgan fingerprint density at radius 2 is 1.41 bits per heavy atom. The third kappa shape index (κ3) is 2.84. The molecule has 1 aliphatic rings. The van der Waals surface area contributed by atoms with Crippen molar-refractivity contribution in [1.82, 2.24) is 0 Å². The van der Waals surface area contributed by atoms with Gasteiger partial charge in [0.1, 0.15) is 5.58 Å². The molecule has 0 saturated heterocycles. The SMILES string of the molecule is COc1cc(-c2ccc3occc3c2)cc2c1OC(c1ccccc1)(c1ccccc1)O2. The van der Waals surface area contributed by atoms with E-state index >= 15 is 0 Å². The fourth-order valence-corrected chi connectivity index (χ4v) is 4.25. The van der Waals surface area contributed by atoms with Crippen molar-refractivity contribution in [1.29, 1.82) is 0 Å². The fraction of sp³-hybridized carbons (Fsp3) is 0.0714. The predicted octanol–water partition coefficient (Wildman–Crippen LogP) is 6.78. The Bertz CT molecular complexity index is 1360. The van der Waals surface area contributed by atoms with E-state index in [1.54, 1.807) is 13.4 Å². The molecule has 6 rings (SSSR count). The van der Waals surface area contributed by atoms with Crippen LogP contribution in [-0.2, 0) is 5.79 Å². The minimum absolute atomic E-state index is 0.591. The highest BCUT2D eigenvalue weighted by Gasteiger charge is 2.46. The summed E-state index contributed by atoms with van der Waals surface area (Å²) in [7, 11) is 1.65. The quantitative estimate of drug-likeness (QED) is 0.321. The van der Waals surface area contributed by atoms with Crippen molar-refractivity contribution >= 4 is 11.0 Å². The van der Waals surface area contributed by atoms with Crippen LogP contribution in [-0.4, -0.2) is 7.11 Å². The lowest BCUT2D eigenvalue weighted by molar-refractivity contribution is -0.0466. The van der Waals surface area contributed by atoms with Crippen molar-refractivity contribution in [2.75, 3.05) is 7.11 Å². The van der Waals surface area contributed by atoms with Crippen LogP contribution in [0.1, 0.15) is 11.1 Å². The summed E-state index contributed by atoms with van der Waals surface area (Å²) >= 11 is 0. The smallest absolute Gasteiger partial charge is 0.305 e. The van der Waals surface area contributed by atoms with Gasteiger partial charge in [0.15, 0.2) is 11.5 Å². The summed E-state index contributed by atoms with van der Waals surface area (Å²) in [6, 6.07) is 32.0. The van der Waals surface area contributed by atoms with E-state index < -0.39 is 5.79 Å². The Labute approximate surface area is 185 Å². The molecule has 1 aliphatic heterocycles. The highest BCUT2D eigenvalue weighted by Crippen LogP contribution is 2.53. The molecule has 4 nitrogen and oxygen atoms in total. The zero-order valence-corrected chi connectivity index (χ0v) is 17.4. The van der Waals surface area contributed by atoms with Gasteiger partial charge in [0.25, 0.3) is 0 Å². The molecule has 0 amide bonds. The number of hydrogen-bond acceptors (Lipinski definition) is 4. The van der Waals surface area contributed by atoms with Gasteiger partial charge in [-0.2, -0.15) is 0 Å². The van der Waals surface area contributed by atoms with Gasteiger partial charge in [-0.1, -0.05) is 66.7 Å². The largest absolute Gasteiger partial charge is 0.493 e. The number of methoxy groups -OCH3 is 1. The number of rotatable bonds is 4. The Morgan fingerprint density at radius 3 is 2.09 bits per heavy atom. The summed E-state index contributed by atoms with van der Waals surface area (Å²) in [5.41, 5.74) is 4.69. The Hall–Kier alpha value is -4.18. The van der Waals surface area contributed by atoms with Gasteiger partial charge in [-0.05, 0) is 41.5 Å². The van der Waals surface area contributed by atoms with E-state index in [-0.39, 0.29) is 0 Å². The number of ether oxygens (including phenoxy) is 3. The number of hydrogen-bond donors (Lipinski definition) is 0. The first-order chi connectivity index (χ1) is 15.8. The summed E-state index contributed by atoms with van der Waals surface area (Å²) in [6.45, 7) is 0. The van der Waals surface area contributed by atoms with Crippen LogP contribution in [0.3, 0.4) is 0 Å². The molecule has 0 saturated carbocycles. The van der Waals surface area contributed by atoms with Gasteiger partial charge in [-0.15, -0.1) is 0 Å². The Kier molecular flexibility index (Phi) is 4.18. The van der Waals surface area contributed by atoms with Crippen molar-refractivity contribution in [3.63, 3.8) is 0 Å². The molecule has 156 valence electrons. The number of fused-ring (bicyclic) bond motifs is 2. The molecule has 0 fully saturated rings. The average Bonchev–Trinajstić information content (AvgIpc) is 3.49. The van der Waals surface area contributed by atoms with Gasteiger partial charge in [0, 0.05) is 16.5 Å². The Morgan fingerprint density at radius 1 is 0.688 bits per heavy atom. The molecule has 4 aromatic carbocycles. The molecular formula is C28H20O4. The van der Waals surface area contributed by atoms with Crippen molar-refractivity contribution in [3.05, 3.63) is 114 Å². The molecule has 5 aromatic rings. The van der Waals surface area contributed by atoms with Gasteiger partial charge < -0.3 is 18.6 Å². The zero-order chi connectivity index (χ0) is 21.5. The van der Waals surface area contributed by atoms with Crippen LogP contribution in [0.15, 0.2) is 108 Å². The first-order valence-corrected chi connectivity index (χ1v) is 10.5. The van der Waals surface area contributed by atoms with E-state index in [9.17, 15) is 0 Å². The molecule has 0 radical (unpaired) electrons. The van der Waals surface area contributed by atoms with Gasteiger partial charge in [0.2, 0.25) is 5.75 Å². The molecule has 0 spiro atoms. The molecule has 4 heteroatoms. The second kappa shape index (κ2) is 7.20. The Balaban J connectivity index is 1.51. The monoisotopic (exact) mass is 420 g/mol. The van der Waals surface area contributed by atoms with Crippen LogP contribution >= 0.6 is 0 Å². The molecule has 0 N–H and O–H groups in total. The van der Waals surface area contributed by atoms with Crippen molar-refractivity contribution in [2.24, 2.45) is 0 Å². The average molecular weight is 420 g/mol. The number of benzene rings is 4. The normalized spacial score (nSPS) is 13.9. The van der Waals surface area contributed by atoms with Gasteiger partial charge in [-0.3, -0.25) is 0 Å². The van der Waals surface area contributed by atoms with E-state index in [0.717, 1.165) is 33.2 Å². The minimum Gasteiger partial charge on any atom is -0.493 e. The molecule has 2 heterocycles. The molecule has 32 heavy (non-hydrogen) atoms. The molecular weight excluding hydrogens is 400 g/mol. The minimum atomic E-state index is -1.09. The lowest BCUT2D eigenvalue weighted by atomic mass is 9.97. The van der Waals surface area contributed by atoms with Crippen LogP contribution in [0.25, 0.3) is 22.1 Å². The van der Waals surface area contributed by atoms with Crippen LogP contribution in [0.5, 0.6) is 17.2 Å². The maximum Gasteiger partial charge on any atom is 0.305 e. The van der Waals surface area contributed by atoms with Crippen LogP contribution in [0.4, 0.5) is 0 Å². The maximum atomic E-state index is 6.62. The lowest BCUT2D eigenvalue weighted by Crippen LogP contribution is -2.36. The second-order valence-electron chi connectivity index (χ2n) is 7.73. The van der Waals surface area contributed by atoms with Crippen LogP contribution in [0.2, 0.25) is 0 Å². The zero-order valence-electron chi connectivity index (χ0n) is 17.4. The summed E-state index contributed by atoms with van der Waals surface area (Å²) in [5.74, 6) is 0.761. The van der Waals surface area contributed by atoms with E-state index in [1.807, 2.05) is 91.0 Å². The van der Waals surface area contributed by atoms with Crippen LogP contribution in [0, 0.1) is 0 Å². The summed E-state index contributed by atoms with van der Waals surface area (Å²) < 4.78 is 24.4. The second-order valence-corrected chi connectivity index (χ2v) is 7.73. The molecule has 0 bridgehead atoms. The van der Waals surface area contributed by atoms with Gasteiger partial charge >= 0.3 is 5.79 Å². The molecule has 1 aromatic heterocycles. The van der Waals surface area contributed by atoms with Gasteiger partial charge in [0.05, 0.1) is 13.4 Å². The van der Waals surface area contributed by atoms with Gasteiger partial charge in [-0.25, -0.2) is 0 Å².